The highest BCUT2D eigenvalue weighted by Crippen LogP contribution is 2.21. The van der Waals surface area contributed by atoms with Gasteiger partial charge in [-0.15, -0.1) is 0 Å². The molecule has 6 heteroatoms. The largest absolute Gasteiger partial charge is 0.507 e. The minimum atomic E-state index is -1.47. The summed E-state index contributed by atoms with van der Waals surface area (Å²) in [6, 6.07) is 8.57. The number of allylic oxidation sites excluding steroid dienone is 1. The van der Waals surface area contributed by atoms with Crippen molar-refractivity contribution in [1.29, 1.82) is 0 Å². The quantitative estimate of drug-likeness (QED) is 0.636. The standard InChI is InChI=1S/C15H16N2O4/c1-16-13(19)12(14(20)17(2)15(16)21)11(18)9-8-10-6-4-3-5-7-10/h3-9,13,18-19H,1-2H3/b9-8+,12-11?. The third-order valence-corrected chi connectivity index (χ3v) is 3.26. The van der Waals surface area contributed by atoms with Crippen LogP contribution >= 0.6 is 0 Å². The number of amides is 3. The highest BCUT2D eigenvalue weighted by molar-refractivity contribution is 6.07. The van der Waals surface area contributed by atoms with E-state index < -0.39 is 18.2 Å². The monoisotopic (exact) mass is 288 g/mol. The van der Waals surface area contributed by atoms with Crippen LogP contribution in [0, 0.1) is 0 Å². The fourth-order valence-electron chi connectivity index (χ4n) is 1.98. The number of carbonyl (C=O) groups excluding carboxylic acids is 2. The molecule has 0 aliphatic carbocycles. The van der Waals surface area contributed by atoms with Gasteiger partial charge in [0.1, 0.15) is 11.3 Å². The molecule has 1 aromatic rings. The molecule has 1 unspecified atom stereocenters. The summed E-state index contributed by atoms with van der Waals surface area (Å²) in [5.74, 6) is -1.09. The van der Waals surface area contributed by atoms with Crippen molar-refractivity contribution in [1.82, 2.24) is 9.80 Å². The maximum Gasteiger partial charge on any atom is 0.328 e. The molecule has 3 amide bonds. The maximum atomic E-state index is 12.0. The number of imide groups is 1. The Kier molecular flexibility index (Phi) is 4.09. The van der Waals surface area contributed by atoms with E-state index >= 15 is 0 Å². The number of rotatable bonds is 2. The molecule has 1 saturated heterocycles. The first-order valence-electron chi connectivity index (χ1n) is 6.32. The lowest BCUT2D eigenvalue weighted by Crippen LogP contribution is -2.55. The average Bonchev–Trinajstić information content (AvgIpc) is 2.50. The number of carbonyl (C=O) groups is 2. The number of aliphatic hydroxyl groups excluding tert-OH is 2. The molecular weight excluding hydrogens is 272 g/mol. The first-order valence-corrected chi connectivity index (χ1v) is 6.32. The second-order valence-corrected chi connectivity index (χ2v) is 4.67. The van der Waals surface area contributed by atoms with Crippen LogP contribution in [-0.4, -0.2) is 52.3 Å². The Bertz CT molecular complexity index is 622. The van der Waals surface area contributed by atoms with Crippen molar-refractivity contribution in [2.24, 2.45) is 0 Å². The zero-order valence-electron chi connectivity index (χ0n) is 11.7. The third-order valence-electron chi connectivity index (χ3n) is 3.26. The molecule has 1 fully saturated rings. The zero-order valence-corrected chi connectivity index (χ0v) is 11.7. The Balaban J connectivity index is 2.34. The van der Waals surface area contributed by atoms with Crippen LogP contribution in [0.5, 0.6) is 0 Å². The van der Waals surface area contributed by atoms with Crippen molar-refractivity contribution >= 4 is 18.0 Å². The number of urea groups is 1. The van der Waals surface area contributed by atoms with Gasteiger partial charge in [0.15, 0.2) is 6.23 Å². The van der Waals surface area contributed by atoms with Gasteiger partial charge in [-0.3, -0.25) is 14.6 Å². The summed E-state index contributed by atoms with van der Waals surface area (Å²) in [4.78, 5) is 25.5. The van der Waals surface area contributed by atoms with E-state index in [4.69, 9.17) is 0 Å². The van der Waals surface area contributed by atoms with Gasteiger partial charge in [-0.1, -0.05) is 36.4 Å². The van der Waals surface area contributed by atoms with Crippen LogP contribution in [0.1, 0.15) is 5.56 Å². The van der Waals surface area contributed by atoms with E-state index in [1.54, 1.807) is 6.08 Å². The van der Waals surface area contributed by atoms with E-state index in [0.29, 0.717) is 0 Å². The van der Waals surface area contributed by atoms with E-state index in [-0.39, 0.29) is 11.3 Å². The van der Waals surface area contributed by atoms with Crippen LogP contribution in [0.2, 0.25) is 0 Å². The first-order chi connectivity index (χ1) is 9.93. The zero-order chi connectivity index (χ0) is 15.6. The van der Waals surface area contributed by atoms with Crippen molar-refractivity contribution in [2.75, 3.05) is 14.1 Å². The molecule has 0 aromatic heterocycles. The Morgan fingerprint density at radius 1 is 1.19 bits per heavy atom. The molecule has 1 heterocycles. The highest BCUT2D eigenvalue weighted by atomic mass is 16.3. The normalized spacial score (nSPS) is 22.1. The number of hydrogen-bond acceptors (Lipinski definition) is 4. The van der Waals surface area contributed by atoms with Gasteiger partial charge in [-0.25, -0.2) is 4.79 Å². The minimum Gasteiger partial charge on any atom is -0.507 e. The molecule has 110 valence electrons. The fraction of sp³-hybridized carbons (Fsp3) is 0.200. The second kappa shape index (κ2) is 5.80. The van der Waals surface area contributed by atoms with Crippen molar-refractivity contribution in [3.63, 3.8) is 0 Å². The van der Waals surface area contributed by atoms with Crippen LogP contribution < -0.4 is 0 Å². The lowest BCUT2D eigenvalue weighted by molar-refractivity contribution is -0.129. The van der Waals surface area contributed by atoms with Crippen LogP contribution in [0.4, 0.5) is 4.79 Å². The van der Waals surface area contributed by atoms with Gasteiger partial charge >= 0.3 is 6.03 Å². The van der Waals surface area contributed by atoms with E-state index in [2.05, 4.69) is 0 Å². The summed E-state index contributed by atoms with van der Waals surface area (Å²) in [6.45, 7) is 0. The molecule has 0 bridgehead atoms. The van der Waals surface area contributed by atoms with Crippen molar-refractivity contribution < 1.29 is 19.8 Å². The lowest BCUT2D eigenvalue weighted by atomic mass is 10.1. The summed E-state index contributed by atoms with van der Waals surface area (Å²) >= 11 is 0. The molecule has 1 aliphatic heterocycles. The SMILES string of the molecule is CN1C(=O)C(=C(O)/C=C/c2ccccc2)C(O)N(C)C1=O. The van der Waals surface area contributed by atoms with Crippen molar-refractivity contribution in [2.45, 2.75) is 6.23 Å². The van der Waals surface area contributed by atoms with Crippen molar-refractivity contribution in [3.05, 3.63) is 53.3 Å². The Labute approximate surface area is 122 Å². The number of nitrogens with zero attached hydrogens (tertiary/aromatic N) is 2. The van der Waals surface area contributed by atoms with Gasteiger partial charge in [0.05, 0.1) is 0 Å². The number of benzene rings is 1. The predicted molar refractivity (Wildman–Crippen MR) is 77.1 cm³/mol. The summed E-state index contributed by atoms with van der Waals surface area (Å²) in [6.07, 6.45) is 1.46. The molecular formula is C15H16N2O4. The second-order valence-electron chi connectivity index (χ2n) is 4.67. The lowest BCUT2D eigenvalue weighted by Gasteiger charge is -2.35. The maximum absolute atomic E-state index is 12.0. The predicted octanol–water partition coefficient (Wildman–Crippen LogP) is 1.35. The molecule has 2 rings (SSSR count). The van der Waals surface area contributed by atoms with E-state index in [1.807, 2.05) is 30.3 Å². The smallest absolute Gasteiger partial charge is 0.328 e. The van der Waals surface area contributed by atoms with Crippen molar-refractivity contribution in [3.8, 4) is 0 Å². The summed E-state index contributed by atoms with van der Waals surface area (Å²) in [5, 5.41) is 20.0. The Morgan fingerprint density at radius 2 is 1.81 bits per heavy atom. The summed E-state index contributed by atoms with van der Waals surface area (Å²) in [7, 11) is 2.64. The van der Waals surface area contributed by atoms with Crippen LogP contribution in [0.3, 0.4) is 0 Å². The first kappa shape index (κ1) is 14.8. The summed E-state index contributed by atoms with van der Waals surface area (Å²) in [5.41, 5.74) is 0.604. The van der Waals surface area contributed by atoms with Crippen LogP contribution in [0.25, 0.3) is 6.08 Å². The number of aliphatic hydroxyl groups is 2. The van der Waals surface area contributed by atoms with Gasteiger partial charge < -0.3 is 10.2 Å². The molecule has 1 aliphatic rings. The molecule has 6 nitrogen and oxygen atoms in total. The molecule has 1 aromatic carbocycles. The van der Waals surface area contributed by atoms with Gasteiger partial charge in [-0.2, -0.15) is 0 Å². The molecule has 21 heavy (non-hydrogen) atoms. The third kappa shape index (κ3) is 2.80. The highest BCUT2D eigenvalue weighted by Gasteiger charge is 2.39. The molecule has 0 spiro atoms. The van der Waals surface area contributed by atoms with E-state index in [1.165, 1.54) is 20.2 Å². The Hall–Kier alpha value is -2.60. The topological polar surface area (TPSA) is 81.1 Å². The van der Waals surface area contributed by atoms with E-state index in [9.17, 15) is 19.8 Å². The molecule has 1 atom stereocenters. The number of likely N-dealkylation sites (N-methyl/N-ethyl adjacent to an activating group) is 2. The molecule has 2 N–H and O–H groups in total. The minimum absolute atomic E-state index is 0.230. The molecule has 0 saturated carbocycles. The molecule has 0 radical (unpaired) electrons. The number of hydrogen-bond donors (Lipinski definition) is 2. The van der Waals surface area contributed by atoms with Crippen LogP contribution in [-0.2, 0) is 4.79 Å². The van der Waals surface area contributed by atoms with Gasteiger partial charge in [-0.05, 0) is 11.6 Å². The van der Waals surface area contributed by atoms with Gasteiger partial charge in [0, 0.05) is 14.1 Å². The average molecular weight is 288 g/mol. The van der Waals surface area contributed by atoms with E-state index in [0.717, 1.165) is 15.4 Å². The van der Waals surface area contributed by atoms with Gasteiger partial charge in [0.2, 0.25) is 0 Å². The fourth-order valence-corrected chi connectivity index (χ4v) is 1.98. The Morgan fingerprint density at radius 3 is 2.43 bits per heavy atom. The summed E-state index contributed by atoms with van der Waals surface area (Å²) < 4.78 is 0. The van der Waals surface area contributed by atoms with Crippen LogP contribution in [0.15, 0.2) is 47.7 Å². The van der Waals surface area contributed by atoms with Gasteiger partial charge in [0.25, 0.3) is 5.91 Å².